The van der Waals surface area contributed by atoms with Gasteiger partial charge in [0.15, 0.2) is 0 Å². The molecule has 0 aliphatic rings. The van der Waals surface area contributed by atoms with E-state index in [2.05, 4.69) is 61.2 Å². The standard InChI is InChI=1S/C19H22O/c1-2-10-19(18-14-7-4-8-15-18)20-16-9-13-17-11-5-3-6-12-17/h2-8,11-12,14-15,19H,1,9-10,13,16H2/t19-/m0/s1. The molecule has 0 heterocycles. The van der Waals surface area contributed by atoms with Gasteiger partial charge in [-0.25, -0.2) is 0 Å². The normalized spacial score (nSPS) is 12.0. The summed E-state index contributed by atoms with van der Waals surface area (Å²) in [6.07, 6.45) is 5.02. The highest BCUT2D eigenvalue weighted by atomic mass is 16.5. The molecule has 2 aromatic carbocycles. The van der Waals surface area contributed by atoms with Gasteiger partial charge in [-0.15, -0.1) is 6.58 Å². The predicted molar refractivity (Wildman–Crippen MR) is 84.7 cm³/mol. The molecule has 0 spiro atoms. The van der Waals surface area contributed by atoms with Gasteiger partial charge in [-0.05, 0) is 30.4 Å². The van der Waals surface area contributed by atoms with E-state index in [0.717, 1.165) is 25.9 Å². The first-order valence-electron chi connectivity index (χ1n) is 7.21. The minimum Gasteiger partial charge on any atom is -0.373 e. The van der Waals surface area contributed by atoms with Crippen LogP contribution in [-0.4, -0.2) is 6.61 Å². The summed E-state index contributed by atoms with van der Waals surface area (Å²) in [6, 6.07) is 20.9. The van der Waals surface area contributed by atoms with Gasteiger partial charge in [0, 0.05) is 6.61 Å². The van der Waals surface area contributed by atoms with Gasteiger partial charge < -0.3 is 4.74 Å². The largest absolute Gasteiger partial charge is 0.373 e. The summed E-state index contributed by atoms with van der Waals surface area (Å²) < 4.78 is 6.02. The van der Waals surface area contributed by atoms with Gasteiger partial charge in [0.1, 0.15) is 0 Å². The quantitative estimate of drug-likeness (QED) is 0.485. The fourth-order valence-electron chi connectivity index (χ4n) is 2.27. The first-order chi connectivity index (χ1) is 9.90. The lowest BCUT2D eigenvalue weighted by atomic mass is 10.1. The Kier molecular flexibility index (Phi) is 6.07. The van der Waals surface area contributed by atoms with Crippen LogP contribution >= 0.6 is 0 Å². The monoisotopic (exact) mass is 266 g/mol. The Labute approximate surface area is 121 Å². The van der Waals surface area contributed by atoms with Crippen LogP contribution in [0.1, 0.15) is 30.1 Å². The smallest absolute Gasteiger partial charge is 0.0859 e. The number of hydrogen-bond donors (Lipinski definition) is 0. The van der Waals surface area contributed by atoms with Crippen molar-refractivity contribution in [2.24, 2.45) is 0 Å². The maximum atomic E-state index is 6.02. The second-order valence-electron chi connectivity index (χ2n) is 4.88. The number of rotatable bonds is 8. The maximum absolute atomic E-state index is 6.02. The Balaban J connectivity index is 1.79. The molecule has 1 atom stereocenters. The predicted octanol–water partition coefficient (Wildman–Crippen LogP) is 4.95. The van der Waals surface area contributed by atoms with Crippen molar-refractivity contribution in [3.63, 3.8) is 0 Å². The second kappa shape index (κ2) is 8.34. The van der Waals surface area contributed by atoms with Crippen LogP contribution in [0.4, 0.5) is 0 Å². The zero-order chi connectivity index (χ0) is 14.0. The fraction of sp³-hybridized carbons (Fsp3) is 0.263. The van der Waals surface area contributed by atoms with Crippen LogP contribution in [0.25, 0.3) is 0 Å². The Hall–Kier alpha value is -1.86. The van der Waals surface area contributed by atoms with Crippen LogP contribution in [0.15, 0.2) is 73.3 Å². The van der Waals surface area contributed by atoms with Gasteiger partial charge in [-0.2, -0.15) is 0 Å². The molecule has 0 aliphatic carbocycles. The number of ether oxygens (including phenoxy) is 1. The first kappa shape index (κ1) is 14.5. The third-order valence-electron chi connectivity index (χ3n) is 3.32. The summed E-state index contributed by atoms with van der Waals surface area (Å²) in [7, 11) is 0. The zero-order valence-electron chi connectivity index (χ0n) is 11.9. The van der Waals surface area contributed by atoms with E-state index in [1.54, 1.807) is 0 Å². The number of aryl methyl sites for hydroxylation is 1. The first-order valence-corrected chi connectivity index (χ1v) is 7.21. The molecular weight excluding hydrogens is 244 g/mol. The van der Waals surface area contributed by atoms with Crippen LogP contribution < -0.4 is 0 Å². The van der Waals surface area contributed by atoms with Crippen LogP contribution in [0.2, 0.25) is 0 Å². The van der Waals surface area contributed by atoms with Crippen molar-refractivity contribution in [2.75, 3.05) is 6.61 Å². The number of benzene rings is 2. The highest BCUT2D eigenvalue weighted by Gasteiger charge is 2.09. The molecule has 0 aliphatic heterocycles. The summed E-state index contributed by atoms with van der Waals surface area (Å²) in [5.74, 6) is 0. The van der Waals surface area contributed by atoms with Gasteiger partial charge in [-0.1, -0.05) is 66.7 Å². The van der Waals surface area contributed by atoms with Crippen molar-refractivity contribution in [3.05, 3.63) is 84.4 Å². The van der Waals surface area contributed by atoms with Crippen LogP contribution in [0.3, 0.4) is 0 Å². The maximum Gasteiger partial charge on any atom is 0.0859 e. The molecule has 1 heteroatoms. The molecule has 0 radical (unpaired) electrons. The minimum atomic E-state index is 0.129. The van der Waals surface area contributed by atoms with Gasteiger partial charge in [0.05, 0.1) is 6.10 Å². The fourth-order valence-corrected chi connectivity index (χ4v) is 2.27. The van der Waals surface area contributed by atoms with Crippen molar-refractivity contribution in [1.29, 1.82) is 0 Å². The molecule has 104 valence electrons. The molecule has 0 saturated carbocycles. The third-order valence-corrected chi connectivity index (χ3v) is 3.32. The van der Waals surface area contributed by atoms with Gasteiger partial charge in [0.2, 0.25) is 0 Å². The minimum absolute atomic E-state index is 0.129. The summed E-state index contributed by atoms with van der Waals surface area (Å²) in [5.41, 5.74) is 2.60. The van der Waals surface area contributed by atoms with Crippen LogP contribution in [0, 0.1) is 0 Å². The molecule has 0 amide bonds. The van der Waals surface area contributed by atoms with Crippen LogP contribution in [-0.2, 0) is 11.2 Å². The van der Waals surface area contributed by atoms with E-state index in [1.807, 2.05) is 12.1 Å². The van der Waals surface area contributed by atoms with E-state index in [9.17, 15) is 0 Å². The van der Waals surface area contributed by atoms with E-state index in [0.29, 0.717) is 0 Å². The van der Waals surface area contributed by atoms with Crippen molar-refractivity contribution < 1.29 is 4.74 Å². The molecule has 2 aromatic rings. The third kappa shape index (κ3) is 4.67. The molecule has 0 N–H and O–H groups in total. The summed E-state index contributed by atoms with van der Waals surface area (Å²) >= 11 is 0. The number of hydrogen-bond acceptors (Lipinski definition) is 1. The van der Waals surface area contributed by atoms with E-state index >= 15 is 0 Å². The van der Waals surface area contributed by atoms with Crippen LogP contribution in [0.5, 0.6) is 0 Å². The van der Waals surface area contributed by atoms with E-state index < -0.39 is 0 Å². The SMILES string of the molecule is C=CC[C@H](OCCCc1ccccc1)c1ccccc1. The Morgan fingerprint density at radius 3 is 2.25 bits per heavy atom. The van der Waals surface area contributed by atoms with Crippen molar-refractivity contribution in [2.45, 2.75) is 25.4 Å². The summed E-state index contributed by atoms with van der Waals surface area (Å²) in [4.78, 5) is 0. The van der Waals surface area contributed by atoms with E-state index in [4.69, 9.17) is 4.74 Å². The lowest BCUT2D eigenvalue weighted by Crippen LogP contribution is -2.05. The van der Waals surface area contributed by atoms with E-state index in [1.165, 1.54) is 11.1 Å². The average Bonchev–Trinajstić information content (AvgIpc) is 2.52. The van der Waals surface area contributed by atoms with E-state index in [-0.39, 0.29) is 6.10 Å². The average molecular weight is 266 g/mol. The summed E-state index contributed by atoms with van der Waals surface area (Å²) in [6.45, 7) is 4.60. The van der Waals surface area contributed by atoms with Gasteiger partial charge >= 0.3 is 0 Å². The lowest BCUT2D eigenvalue weighted by Gasteiger charge is -2.16. The molecule has 2 rings (SSSR count). The lowest BCUT2D eigenvalue weighted by molar-refractivity contribution is 0.0532. The Morgan fingerprint density at radius 2 is 1.60 bits per heavy atom. The van der Waals surface area contributed by atoms with Crippen molar-refractivity contribution >= 4 is 0 Å². The highest BCUT2D eigenvalue weighted by Crippen LogP contribution is 2.21. The Morgan fingerprint density at radius 1 is 0.950 bits per heavy atom. The van der Waals surface area contributed by atoms with Gasteiger partial charge in [0.25, 0.3) is 0 Å². The molecule has 0 bridgehead atoms. The highest BCUT2D eigenvalue weighted by molar-refractivity contribution is 5.18. The molecule has 0 saturated heterocycles. The molecule has 0 fully saturated rings. The second-order valence-corrected chi connectivity index (χ2v) is 4.88. The van der Waals surface area contributed by atoms with Crippen molar-refractivity contribution in [3.8, 4) is 0 Å². The molecular formula is C19H22O. The molecule has 20 heavy (non-hydrogen) atoms. The Bertz CT molecular complexity index is 490. The summed E-state index contributed by atoms with van der Waals surface area (Å²) in [5, 5.41) is 0. The topological polar surface area (TPSA) is 9.23 Å². The molecule has 1 nitrogen and oxygen atoms in total. The molecule has 0 unspecified atom stereocenters. The molecule has 0 aromatic heterocycles. The zero-order valence-corrected chi connectivity index (χ0v) is 11.9. The van der Waals surface area contributed by atoms with Crippen molar-refractivity contribution in [1.82, 2.24) is 0 Å². The van der Waals surface area contributed by atoms with Gasteiger partial charge in [-0.3, -0.25) is 0 Å².